The number of likely N-dealkylation sites (tertiary alicyclic amines) is 1. The fraction of sp³-hybridized carbons (Fsp3) is 0.357. The fourth-order valence-electron chi connectivity index (χ4n) is 4.50. The van der Waals surface area contributed by atoms with Gasteiger partial charge in [0.2, 0.25) is 16.0 Å². The number of sulfonamides is 1. The van der Waals surface area contributed by atoms with Gasteiger partial charge in [0, 0.05) is 41.2 Å². The summed E-state index contributed by atoms with van der Waals surface area (Å²) < 4.78 is 35.8. The van der Waals surface area contributed by atoms with Crippen molar-refractivity contribution in [2.75, 3.05) is 31.6 Å². The number of fused-ring (bicyclic) bond motifs is 1. The van der Waals surface area contributed by atoms with E-state index in [1.54, 1.807) is 30.5 Å². The lowest BCUT2D eigenvalue weighted by Crippen LogP contribution is -2.40. The molecular formula is C28H34N6O3S. The second-order valence-electron chi connectivity index (χ2n) is 10.6. The molecule has 0 bridgehead atoms. The molecule has 0 saturated carbocycles. The lowest BCUT2D eigenvalue weighted by Gasteiger charge is -2.20. The summed E-state index contributed by atoms with van der Waals surface area (Å²) in [5.41, 5.74) is 1.81. The van der Waals surface area contributed by atoms with Crippen LogP contribution >= 0.6 is 0 Å². The average Bonchev–Trinajstić information content (AvgIpc) is 3.54. The molecule has 0 unspecified atom stereocenters. The minimum absolute atomic E-state index is 0.216. The summed E-state index contributed by atoms with van der Waals surface area (Å²) >= 11 is 0. The number of nitrogens with one attached hydrogen (secondary N) is 2. The van der Waals surface area contributed by atoms with E-state index < -0.39 is 15.6 Å². The van der Waals surface area contributed by atoms with Crippen LogP contribution in [0.1, 0.15) is 33.6 Å². The third-order valence-corrected chi connectivity index (χ3v) is 8.05. The topological polar surface area (TPSA) is 101 Å². The van der Waals surface area contributed by atoms with E-state index in [2.05, 4.69) is 19.9 Å². The molecule has 1 saturated heterocycles. The summed E-state index contributed by atoms with van der Waals surface area (Å²) in [6.07, 6.45) is 6.23. The zero-order chi connectivity index (χ0) is 26.8. The van der Waals surface area contributed by atoms with Crippen molar-refractivity contribution in [1.82, 2.24) is 24.2 Å². The highest BCUT2D eigenvalue weighted by molar-refractivity contribution is 7.89. The molecule has 1 fully saturated rings. The Bertz CT molecular complexity index is 1490. The van der Waals surface area contributed by atoms with Crippen LogP contribution in [0.15, 0.2) is 71.9 Å². The molecule has 38 heavy (non-hydrogen) atoms. The van der Waals surface area contributed by atoms with Gasteiger partial charge in [-0.2, -0.15) is 4.98 Å². The maximum absolute atomic E-state index is 12.6. The number of aromatic nitrogens is 3. The fourth-order valence-corrected chi connectivity index (χ4v) is 5.92. The Kier molecular flexibility index (Phi) is 7.38. The number of rotatable bonds is 9. The van der Waals surface area contributed by atoms with Crippen LogP contribution in [0.3, 0.4) is 0 Å². The van der Waals surface area contributed by atoms with Crippen molar-refractivity contribution >= 4 is 32.7 Å². The molecule has 1 aliphatic rings. The first-order chi connectivity index (χ1) is 18.2. The maximum atomic E-state index is 12.6. The summed E-state index contributed by atoms with van der Waals surface area (Å²) in [6.45, 7) is 9.42. The first-order valence-electron chi connectivity index (χ1n) is 12.9. The second kappa shape index (κ2) is 10.7. The molecule has 4 aromatic rings. The van der Waals surface area contributed by atoms with E-state index in [1.165, 1.54) is 25.9 Å². The quantitative estimate of drug-likeness (QED) is 0.321. The van der Waals surface area contributed by atoms with Crippen molar-refractivity contribution in [1.29, 1.82) is 0 Å². The average molecular weight is 535 g/mol. The molecule has 200 valence electrons. The molecular weight excluding hydrogens is 500 g/mol. The smallest absolute Gasteiger partial charge is 0.241 e. The lowest BCUT2D eigenvalue weighted by molar-refractivity contribution is 0.238. The van der Waals surface area contributed by atoms with Crippen molar-refractivity contribution in [3.05, 3.63) is 67.0 Å². The van der Waals surface area contributed by atoms with Crippen molar-refractivity contribution in [3.63, 3.8) is 0 Å². The third-order valence-electron chi connectivity index (χ3n) is 6.28. The normalized spacial score (nSPS) is 14.7. The van der Waals surface area contributed by atoms with Crippen molar-refractivity contribution in [2.45, 2.75) is 44.0 Å². The molecule has 9 nitrogen and oxygen atoms in total. The van der Waals surface area contributed by atoms with E-state index in [9.17, 15) is 8.42 Å². The van der Waals surface area contributed by atoms with Gasteiger partial charge in [-0.15, -0.1) is 0 Å². The van der Waals surface area contributed by atoms with Crippen LogP contribution in [0, 0.1) is 0 Å². The molecule has 2 aromatic carbocycles. The van der Waals surface area contributed by atoms with Crippen LogP contribution in [-0.2, 0) is 10.0 Å². The molecule has 0 atom stereocenters. The largest absolute Gasteiger partial charge is 0.492 e. The Morgan fingerprint density at radius 3 is 2.37 bits per heavy atom. The maximum Gasteiger partial charge on any atom is 0.241 e. The summed E-state index contributed by atoms with van der Waals surface area (Å²) in [7, 11) is -3.61. The lowest BCUT2D eigenvalue weighted by atomic mass is 10.1. The Hall–Kier alpha value is -3.47. The highest BCUT2D eigenvalue weighted by atomic mass is 32.2. The highest BCUT2D eigenvalue weighted by Crippen LogP contribution is 2.23. The van der Waals surface area contributed by atoms with Gasteiger partial charge in [-0.3, -0.25) is 4.90 Å². The molecule has 0 amide bonds. The molecule has 2 aromatic heterocycles. The van der Waals surface area contributed by atoms with E-state index in [4.69, 9.17) is 9.72 Å². The summed E-state index contributed by atoms with van der Waals surface area (Å²) in [4.78, 5) is 11.8. The van der Waals surface area contributed by atoms with Crippen molar-refractivity contribution < 1.29 is 13.2 Å². The standard InChI is InChI=1S/C28H34N6O3S/c1-28(2,3)32-38(35,36)25-12-8-23(9-13-25)34-17-14-21-20-29-27(31-26(21)34)30-22-6-10-24(11-7-22)37-19-18-33-15-4-5-16-33/h6-14,17,20,32H,4-5,15-16,18-19H2,1-3H3,(H,29,30,31). The van der Waals surface area contributed by atoms with Crippen molar-refractivity contribution in [3.8, 4) is 11.4 Å². The Morgan fingerprint density at radius 2 is 1.68 bits per heavy atom. The van der Waals surface area contributed by atoms with Crippen LogP contribution in [-0.4, -0.2) is 59.6 Å². The van der Waals surface area contributed by atoms with Crippen LogP contribution in [0.25, 0.3) is 16.7 Å². The third kappa shape index (κ3) is 6.32. The summed E-state index contributed by atoms with van der Waals surface area (Å²) in [5.74, 6) is 1.30. The molecule has 0 radical (unpaired) electrons. The van der Waals surface area contributed by atoms with Crippen molar-refractivity contribution in [2.24, 2.45) is 0 Å². The first kappa shape index (κ1) is 26.1. The molecule has 3 heterocycles. The Morgan fingerprint density at radius 1 is 0.974 bits per heavy atom. The van der Waals surface area contributed by atoms with E-state index in [0.29, 0.717) is 18.2 Å². The molecule has 0 aliphatic carbocycles. The zero-order valence-corrected chi connectivity index (χ0v) is 22.8. The van der Waals surface area contributed by atoms with E-state index in [1.807, 2.05) is 61.9 Å². The molecule has 2 N–H and O–H groups in total. The van der Waals surface area contributed by atoms with Crippen LogP contribution in [0.5, 0.6) is 5.75 Å². The van der Waals surface area contributed by atoms with Gasteiger partial charge in [-0.05, 0) is 101 Å². The van der Waals surface area contributed by atoms with Gasteiger partial charge in [-0.1, -0.05) is 0 Å². The molecule has 5 rings (SSSR count). The Balaban J connectivity index is 1.27. The number of hydrogen-bond donors (Lipinski definition) is 2. The number of hydrogen-bond acceptors (Lipinski definition) is 7. The summed E-state index contributed by atoms with van der Waals surface area (Å²) in [6, 6.07) is 16.5. The van der Waals surface area contributed by atoms with Gasteiger partial charge >= 0.3 is 0 Å². The molecule has 1 aliphatic heterocycles. The monoisotopic (exact) mass is 534 g/mol. The first-order valence-corrected chi connectivity index (χ1v) is 14.4. The number of anilines is 2. The second-order valence-corrected chi connectivity index (χ2v) is 12.2. The predicted molar refractivity (Wildman–Crippen MR) is 150 cm³/mol. The predicted octanol–water partition coefficient (Wildman–Crippen LogP) is 4.72. The summed E-state index contributed by atoms with van der Waals surface area (Å²) in [5, 5.41) is 4.13. The van der Waals surface area contributed by atoms with Crippen LogP contribution in [0.4, 0.5) is 11.6 Å². The minimum Gasteiger partial charge on any atom is -0.492 e. The minimum atomic E-state index is -3.61. The highest BCUT2D eigenvalue weighted by Gasteiger charge is 2.22. The van der Waals surface area contributed by atoms with E-state index in [0.717, 1.165) is 29.1 Å². The molecule has 10 heteroatoms. The van der Waals surface area contributed by atoms with E-state index >= 15 is 0 Å². The zero-order valence-electron chi connectivity index (χ0n) is 22.0. The van der Waals surface area contributed by atoms with E-state index in [-0.39, 0.29) is 4.90 Å². The Labute approximate surface area is 223 Å². The number of nitrogens with zero attached hydrogens (tertiary/aromatic N) is 4. The van der Waals surface area contributed by atoms with Gasteiger partial charge in [0.05, 0.1) is 4.90 Å². The van der Waals surface area contributed by atoms with Gasteiger partial charge in [0.25, 0.3) is 0 Å². The number of benzene rings is 2. The van der Waals surface area contributed by atoms with Gasteiger partial charge in [0.1, 0.15) is 18.0 Å². The van der Waals surface area contributed by atoms with Gasteiger partial charge in [-0.25, -0.2) is 18.1 Å². The van der Waals surface area contributed by atoms with Gasteiger partial charge in [0.15, 0.2) is 0 Å². The van der Waals surface area contributed by atoms with Gasteiger partial charge < -0.3 is 14.6 Å². The van der Waals surface area contributed by atoms with Crippen LogP contribution in [0.2, 0.25) is 0 Å². The number of ether oxygens (including phenoxy) is 1. The molecule has 0 spiro atoms. The SMILES string of the molecule is CC(C)(C)NS(=O)(=O)c1ccc(-n2ccc3cnc(Nc4ccc(OCCN5CCCC5)cc4)nc32)cc1. The van der Waals surface area contributed by atoms with Crippen LogP contribution < -0.4 is 14.8 Å².